The molecule has 0 saturated carbocycles. The second kappa shape index (κ2) is 10.5. The number of aromatic nitrogens is 4. The first-order valence-corrected chi connectivity index (χ1v) is 12.5. The summed E-state index contributed by atoms with van der Waals surface area (Å²) in [4.78, 5) is 37.0. The van der Waals surface area contributed by atoms with Gasteiger partial charge in [-0.15, -0.1) is 5.10 Å². The van der Waals surface area contributed by atoms with Crippen LogP contribution in [0.25, 0.3) is 16.9 Å². The van der Waals surface area contributed by atoms with Gasteiger partial charge in [-0.25, -0.2) is 23.0 Å². The zero-order chi connectivity index (χ0) is 25.9. The lowest BCUT2D eigenvalue weighted by atomic mass is 10.2. The Morgan fingerprint density at radius 2 is 1.94 bits per heavy atom. The summed E-state index contributed by atoms with van der Waals surface area (Å²) >= 11 is 0. The molecule has 190 valence electrons. The lowest BCUT2D eigenvalue weighted by molar-refractivity contribution is -0.168. The largest absolute Gasteiger partial charge is 0.493 e. The molecule has 2 aromatic heterocycles. The van der Waals surface area contributed by atoms with Crippen LogP contribution in [0.2, 0.25) is 0 Å². The minimum absolute atomic E-state index is 0.0929. The Labute approximate surface area is 203 Å². The summed E-state index contributed by atoms with van der Waals surface area (Å²) in [6, 6.07) is 4.25. The molecule has 0 radical (unpaired) electrons. The first kappa shape index (κ1) is 26.3. The van der Waals surface area contributed by atoms with E-state index in [0.717, 1.165) is 15.8 Å². The van der Waals surface area contributed by atoms with Crippen molar-refractivity contribution in [3.8, 4) is 17.1 Å². The molecule has 1 N–H and O–H groups in total. The van der Waals surface area contributed by atoms with Gasteiger partial charge in [-0.2, -0.15) is 4.31 Å². The number of sulfonamides is 1. The van der Waals surface area contributed by atoms with Crippen LogP contribution in [0.5, 0.6) is 5.75 Å². The van der Waals surface area contributed by atoms with Gasteiger partial charge in [0.1, 0.15) is 11.6 Å². The molecule has 0 fully saturated rings. The molecule has 2 heterocycles. The van der Waals surface area contributed by atoms with Gasteiger partial charge in [0.05, 0.1) is 36.4 Å². The molecule has 1 amide bonds. The molecule has 0 saturated heterocycles. The van der Waals surface area contributed by atoms with E-state index in [1.807, 2.05) is 6.92 Å². The maximum absolute atomic E-state index is 13.2. The van der Waals surface area contributed by atoms with Gasteiger partial charge in [0.15, 0.2) is 11.3 Å². The number of fused-ring (bicyclic) bond motifs is 1. The van der Waals surface area contributed by atoms with Crippen LogP contribution >= 0.6 is 0 Å². The van der Waals surface area contributed by atoms with Gasteiger partial charge in [-0.05, 0) is 38.5 Å². The summed E-state index contributed by atoms with van der Waals surface area (Å²) in [7, 11) is -0.0731. The number of benzene rings is 1. The van der Waals surface area contributed by atoms with Gasteiger partial charge in [-0.1, -0.05) is 6.92 Å². The summed E-state index contributed by atoms with van der Waals surface area (Å²) < 4.78 is 34.5. The average Bonchev–Trinajstić information content (AvgIpc) is 3.14. The highest BCUT2D eigenvalue weighted by Gasteiger charge is 2.26. The third-order valence-corrected chi connectivity index (χ3v) is 7.21. The minimum atomic E-state index is -4.07. The van der Waals surface area contributed by atoms with Crippen molar-refractivity contribution in [2.24, 2.45) is 0 Å². The quantitative estimate of drug-likeness (QED) is 0.407. The number of imidazole rings is 1. The topological polar surface area (TPSA) is 139 Å². The molecule has 0 aliphatic carbocycles. The molecule has 0 aliphatic rings. The minimum Gasteiger partial charge on any atom is -0.493 e. The normalized spacial score (nSPS) is 11.9. The van der Waals surface area contributed by atoms with Crippen molar-refractivity contribution in [2.45, 2.75) is 38.5 Å². The number of nitrogens with one attached hydrogen (secondary N) is 1. The lowest BCUT2D eigenvalue weighted by Crippen LogP contribution is -2.38. The molecule has 0 bridgehead atoms. The van der Waals surface area contributed by atoms with E-state index in [9.17, 15) is 18.0 Å². The summed E-state index contributed by atoms with van der Waals surface area (Å²) in [6.07, 6.45) is 1.43. The van der Waals surface area contributed by atoms with Gasteiger partial charge in [0.2, 0.25) is 10.0 Å². The molecule has 0 spiro atoms. The Balaban J connectivity index is 2.14. The van der Waals surface area contributed by atoms with Crippen LogP contribution in [-0.2, 0) is 26.1 Å². The zero-order valence-electron chi connectivity index (χ0n) is 20.7. The average molecular weight is 507 g/mol. The monoisotopic (exact) mass is 506 g/mol. The molecule has 13 heteroatoms. The third-order valence-electron chi connectivity index (χ3n) is 5.41. The van der Waals surface area contributed by atoms with Crippen molar-refractivity contribution >= 4 is 21.4 Å². The predicted octanol–water partition coefficient (Wildman–Crippen LogP) is 1.38. The molecule has 0 aliphatic heterocycles. The molecule has 1 aromatic carbocycles. The molecular formula is C22H30N6O6S. The van der Waals surface area contributed by atoms with Gasteiger partial charge >= 0.3 is 0 Å². The number of hydrogen-bond donors (Lipinski definition) is 1. The maximum atomic E-state index is 13.2. The number of hydrogen-bond acceptors (Lipinski definition) is 8. The molecule has 0 atom stereocenters. The molecule has 0 unspecified atom stereocenters. The highest BCUT2D eigenvalue weighted by molar-refractivity contribution is 7.89. The van der Waals surface area contributed by atoms with E-state index in [4.69, 9.17) is 9.57 Å². The number of carbonyl (C=O) groups excluding carboxylic acids is 1. The zero-order valence-corrected chi connectivity index (χ0v) is 21.5. The van der Waals surface area contributed by atoms with Crippen molar-refractivity contribution < 1.29 is 22.8 Å². The molecular weight excluding hydrogens is 476 g/mol. The molecule has 12 nitrogen and oxygen atoms in total. The van der Waals surface area contributed by atoms with Crippen molar-refractivity contribution in [3.63, 3.8) is 0 Å². The van der Waals surface area contributed by atoms with E-state index < -0.39 is 28.0 Å². The van der Waals surface area contributed by atoms with Gasteiger partial charge < -0.3 is 9.72 Å². The fourth-order valence-corrected chi connectivity index (χ4v) is 4.68. The van der Waals surface area contributed by atoms with E-state index in [2.05, 4.69) is 15.1 Å². The number of aryl methyl sites for hydroxylation is 2. The number of likely N-dealkylation sites (N-methyl/N-ethyl adjacent to an activating group) is 2. The number of amides is 1. The van der Waals surface area contributed by atoms with E-state index in [1.165, 1.54) is 43.9 Å². The fraction of sp³-hybridized carbons (Fsp3) is 0.455. The SMILES string of the molecule is CCCc1nc(C)c2c(=O)[nH]c(-c3cc(S(=O)(=O)N(C)CC(=O)N(C)OC)ccc3OCC)nn12. The fourth-order valence-electron chi connectivity index (χ4n) is 3.54. The summed E-state index contributed by atoms with van der Waals surface area (Å²) in [6.45, 7) is 5.41. The van der Waals surface area contributed by atoms with Crippen LogP contribution in [-0.4, -0.2) is 77.6 Å². The van der Waals surface area contributed by atoms with E-state index in [-0.39, 0.29) is 16.3 Å². The van der Waals surface area contributed by atoms with Crippen LogP contribution in [0.3, 0.4) is 0 Å². The van der Waals surface area contributed by atoms with Crippen LogP contribution in [0.1, 0.15) is 31.8 Å². The van der Waals surface area contributed by atoms with Crippen molar-refractivity contribution in [1.82, 2.24) is 29.0 Å². The Kier molecular flexibility index (Phi) is 7.93. The van der Waals surface area contributed by atoms with E-state index in [1.54, 1.807) is 13.8 Å². The van der Waals surface area contributed by atoms with Crippen molar-refractivity contribution in [3.05, 3.63) is 40.1 Å². The second-order valence-corrected chi connectivity index (χ2v) is 9.90. The Morgan fingerprint density at radius 1 is 1.23 bits per heavy atom. The first-order chi connectivity index (χ1) is 16.5. The Hall–Kier alpha value is -3.29. The van der Waals surface area contributed by atoms with Crippen LogP contribution < -0.4 is 10.3 Å². The van der Waals surface area contributed by atoms with Gasteiger partial charge in [-0.3, -0.25) is 14.4 Å². The highest BCUT2D eigenvalue weighted by Crippen LogP contribution is 2.31. The number of H-pyrrole nitrogens is 1. The number of rotatable bonds is 10. The molecule has 3 aromatic rings. The maximum Gasteiger partial charge on any atom is 0.277 e. The number of ether oxygens (including phenoxy) is 1. The smallest absolute Gasteiger partial charge is 0.277 e. The molecule has 35 heavy (non-hydrogen) atoms. The Morgan fingerprint density at radius 3 is 2.57 bits per heavy atom. The lowest BCUT2D eigenvalue weighted by Gasteiger charge is -2.20. The summed E-state index contributed by atoms with van der Waals surface area (Å²) in [5.74, 6) is 0.575. The third kappa shape index (κ3) is 5.21. The van der Waals surface area contributed by atoms with Gasteiger partial charge in [0.25, 0.3) is 11.5 Å². The van der Waals surface area contributed by atoms with Crippen molar-refractivity contribution in [1.29, 1.82) is 0 Å². The number of hydroxylamine groups is 2. The number of aromatic amines is 1. The molecule has 3 rings (SSSR count). The standard InChI is InChI=1S/C22H30N6O6S/c1-7-9-18-23-14(3)20-22(30)24-21(25-28(18)20)16-12-15(10-11-17(16)34-8-2)35(31,32)26(4)13-19(29)27(5)33-6/h10-12H,7-9,13H2,1-6H3,(H,24,25,30). The number of nitrogens with zero attached hydrogens (tertiary/aromatic N) is 5. The van der Waals surface area contributed by atoms with Crippen LogP contribution in [0, 0.1) is 6.92 Å². The Bertz CT molecular complexity index is 1400. The number of carbonyl (C=O) groups is 1. The highest BCUT2D eigenvalue weighted by atomic mass is 32.2. The predicted molar refractivity (Wildman–Crippen MR) is 129 cm³/mol. The first-order valence-electron chi connectivity index (χ1n) is 11.1. The van der Waals surface area contributed by atoms with Crippen molar-refractivity contribution in [2.75, 3.05) is 34.4 Å². The summed E-state index contributed by atoms with van der Waals surface area (Å²) in [5.41, 5.74) is 0.778. The van der Waals surface area contributed by atoms with Crippen LogP contribution in [0.4, 0.5) is 0 Å². The summed E-state index contributed by atoms with van der Waals surface area (Å²) in [5, 5.41) is 5.52. The second-order valence-electron chi connectivity index (χ2n) is 7.85. The van der Waals surface area contributed by atoms with Gasteiger partial charge in [0, 0.05) is 20.5 Å². The van der Waals surface area contributed by atoms with Crippen LogP contribution in [0.15, 0.2) is 27.9 Å². The van der Waals surface area contributed by atoms with E-state index in [0.29, 0.717) is 35.8 Å². The van der Waals surface area contributed by atoms with E-state index >= 15 is 0 Å².